The van der Waals surface area contributed by atoms with Crippen LogP contribution >= 0.6 is 0 Å². The van der Waals surface area contributed by atoms with Gasteiger partial charge in [0.1, 0.15) is 4.92 Å². The lowest BCUT2D eigenvalue weighted by Crippen LogP contribution is -2.24. The highest BCUT2D eigenvalue weighted by Crippen LogP contribution is 2.13. The molecule has 2 heterocycles. The number of furan rings is 1. The van der Waals surface area contributed by atoms with E-state index in [9.17, 15) is 14.9 Å². The number of carbonyl (C=O) groups is 1. The Morgan fingerprint density at radius 2 is 2.30 bits per heavy atom. The Bertz CT molecular complexity index is 660. The van der Waals surface area contributed by atoms with Crippen LogP contribution in [0.25, 0.3) is 0 Å². The second-order valence-electron chi connectivity index (χ2n) is 3.26. The van der Waals surface area contributed by atoms with Crippen LogP contribution in [0.1, 0.15) is 5.76 Å². The molecule has 12 heteroatoms. The summed E-state index contributed by atoms with van der Waals surface area (Å²) in [4.78, 5) is 21.0. The molecule has 0 saturated heterocycles. The molecule has 0 unspecified atom stereocenters. The third-order valence-electron chi connectivity index (χ3n) is 1.90. The van der Waals surface area contributed by atoms with Gasteiger partial charge in [0.15, 0.2) is 5.76 Å². The maximum Gasteiger partial charge on any atom is 0.433 e. The van der Waals surface area contributed by atoms with Gasteiger partial charge in [-0.2, -0.15) is 5.10 Å². The molecule has 104 valence electrons. The molecule has 0 atom stereocenters. The van der Waals surface area contributed by atoms with E-state index in [1.54, 1.807) is 0 Å². The molecule has 0 fully saturated rings. The second kappa shape index (κ2) is 5.47. The van der Waals surface area contributed by atoms with E-state index in [0.29, 0.717) is 0 Å². The lowest BCUT2D eigenvalue weighted by Gasteiger charge is -1.98. The van der Waals surface area contributed by atoms with Crippen molar-refractivity contribution in [2.75, 3.05) is 11.1 Å². The molecular weight excluding hydrogens is 274 g/mol. The Hall–Kier alpha value is -3.44. The SMILES string of the molecule is Nc1nonc1NC(=O)N/N=C\c1ccc([N+](=O)[O-])o1. The van der Waals surface area contributed by atoms with Gasteiger partial charge in [-0.1, -0.05) is 0 Å². The number of nitro groups is 1. The quantitative estimate of drug-likeness (QED) is 0.407. The number of carbonyl (C=O) groups excluding carboxylic acids is 1. The van der Waals surface area contributed by atoms with Crippen molar-refractivity contribution in [3.63, 3.8) is 0 Å². The standard InChI is InChI=1S/C8H7N7O5/c9-6-7(14-20-13-6)11-8(16)12-10-3-4-1-2-5(19-4)15(17)18/h1-3H,(H2,9,13)(H2,11,12,14,16)/b10-3-. The van der Waals surface area contributed by atoms with E-state index in [1.165, 1.54) is 6.07 Å². The van der Waals surface area contributed by atoms with Gasteiger partial charge < -0.3 is 10.2 Å². The largest absolute Gasteiger partial charge is 0.433 e. The van der Waals surface area contributed by atoms with Crippen LogP contribution in [-0.2, 0) is 0 Å². The number of urea groups is 1. The first-order chi connectivity index (χ1) is 9.56. The Labute approximate surface area is 109 Å². The summed E-state index contributed by atoms with van der Waals surface area (Å²) in [6.07, 6.45) is 1.08. The van der Waals surface area contributed by atoms with Crippen LogP contribution in [0, 0.1) is 10.1 Å². The molecular formula is C8H7N7O5. The number of nitrogens with two attached hydrogens (primary N) is 1. The van der Waals surface area contributed by atoms with Crippen molar-refractivity contribution in [3.8, 4) is 0 Å². The maximum atomic E-state index is 11.3. The first kappa shape index (κ1) is 13.0. The number of nitrogen functional groups attached to an aromatic ring is 1. The number of nitrogens with one attached hydrogen (secondary N) is 2. The number of hydrogen-bond donors (Lipinski definition) is 3. The lowest BCUT2D eigenvalue weighted by atomic mass is 10.5. The fraction of sp³-hybridized carbons (Fsp3) is 0. The van der Waals surface area contributed by atoms with Gasteiger partial charge in [-0.3, -0.25) is 15.4 Å². The van der Waals surface area contributed by atoms with Crippen molar-refractivity contribution in [1.29, 1.82) is 0 Å². The van der Waals surface area contributed by atoms with Gasteiger partial charge in [-0.05, 0) is 16.4 Å². The number of hydrogen-bond acceptors (Lipinski definition) is 9. The van der Waals surface area contributed by atoms with E-state index in [4.69, 9.17) is 10.2 Å². The second-order valence-corrected chi connectivity index (χ2v) is 3.26. The summed E-state index contributed by atoms with van der Waals surface area (Å²) in [5.74, 6) is -0.492. The smallest absolute Gasteiger partial charge is 0.400 e. The van der Waals surface area contributed by atoms with Crippen molar-refractivity contribution in [1.82, 2.24) is 15.7 Å². The van der Waals surface area contributed by atoms with Crippen molar-refractivity contribution >= 4 is 29.8 Å². The number of aromatic nitrogens is 2. The first-order valence-electron chi connectivity index (χ1n) is 4.98. The zero-order valence-electron chi connectivity index (χ0n) is 9.64. The average molecular weight is 281 g/mol. The average Bonchev–Trinajstić information content (AvgIpc) is 3.00. The van der Waals surface area contributed by atoms with E-state index in [0.717, 1.165) is 12.3 Å². The lowest BCUT2D eigenvalue weighted by molar-refractivity contribution is -0.402. The van der Waals surface area contributed by atoms with Crippen LogP contribution in [0.4, 0.5) is 22.3 Å². The van der Waals surface area contributed by atoms with Gasteiger partial charge in [0.2, 0.25) is 11.6 Å². The van der Waals surface area contributed by atoms with E-state index in [2.05, 4.69) is 30.8 Å². The fourth-order valence-corrected chi connectivity index (χ4v) is 1.08. The minimum atomic E-state index is -0.760. The fourth-order valence-electron chi connectivity index (χ4n) is 1.08. The minimum Gasteiger partial charge on any atom is -0.400 e. The topological polar surface area (TPSA) is 175 Å². The molecule has 2 amide bonds. The monoisotopic (exact) mass is 281 g/mol. The van der Waals surface area contributed by atoms with Gasteiger partial charge in [-0.25, -0.2) is 14.8 Å². The molecule has 0 aromatic carbocycles. The van der Waals surface area contributed by atoms with Crippen LogP contribution in [0.15, 0.2) is 26.3 Å². The van der Waals surface area contributed by atoms with Gasteiger partial charge in [0.05, 0.1) is 12.3 Å². The molecule has 2 rings (SSSR count). The van der Waals surface area contributed by atoms with E-state index < -0.39 is 16.8 Å². The van der Waals surface area contributed by atoms with Gasteiger partial charge in [0, 0.05) is 0 Å². The number of hydrazone groups is 1. The highest BCUT2D eigenvalue weighted by molar-refractivity contribution is 5.91. The zero-order chi connectivity index (χ0) is 14.5. The Kier molecular flexibility index (Phi) is 3.56. The summed E-state index contributed by atoms with van der Waals surface area (Å²) in [5, 5.41) is 22.6. The molecule has 0 spiro atoms. The van der Waals surface area contributed by atoms with Gasteiger partial charge in [-0.15, -0.1) is 0 Å². The van der Waals surface area contributed by atoms with E-state index in [-0.39, 0.29) is 17.4 Å². The predicted molar refractivity (Wildman–Crippen MR) is 63.8 cm³/mol. The number of amides is 2. The summed E-state index contributed by atoms with van der Waals surface area (Å²) < 4.78 is 9.03. The third kappa shape index (κ3) is 3.06. The summed E-state index contributed by atoms with van der Waals surface area (Å²) in [5.41, 5.74) is 7.37. The molecule has 0 aliphatic rings. The van der Waals surface area contributed by atoms with Crippen molar-refractivity contribution < 1.29 is 18.8 Å². The Balaban J connectivity index is 1.87. The normalized spacial score (nSPS) is 10.6. The minimum absolute atomic E-state index is 0.0636. The maximum absolute atomic E-state index is 11.3. The number of anilines is 2. The third-order valence-corrected chi connectivity index (χ3v) is 1.90. The van der Waals surface area contributed by atoms with Crippen molar-refractivity contribution in [2.45, 2.75) is 0 Å². The molecule has 0 aliphatic carbocycles. The summed E-state index contributed by atoms with van der Waals surface area (Å²) >= 11 is 0. The summed E-state index contributed by atoms with van der Waals surface area (Å²) in [6, 6.07) is 1.72. The van der Waals surface area contributed by atoms with E-state index >= 15 is 0 Å². The molecule has 4 N–H and O–H groups in total. The molecule has 2 aromatic rings. The summed E-state index contributed by atoms with van der Waals surface area (Å²) in [6.45, 7) is 0. The highest BCUT2D eigenvalue weighted by Gasteiger charge is 2.11. The van der Waals surface area contributed by atoms with Crippen LogP contribution < -0.4 is 16.5 Å². The molecule has 0 saturated carbocycles. The predicted octanol–water partition coefficient (Wildman–Crippen LogP) is 0.309. The van der Waals surface area contributed by atoms with Crippen molar-refractivity contribution in [2.24, 2.45) is 5.10 Å². The van der Waals surface area contributed by atoms with Crippen molar-refractivity contribution in [3.05, 3.63) is 28.0 Å². The van der Waals surface area contributed by atoms with Crippen LogP contribution in [-0.4, -0.2) is 27.5 Å². The highest BCUT2D eigenvalue weighted by atomic mass is 16.6. The van der Waals surface area contributed by atoms with Crippen LogP contribution in [0.2, 0.25) is 0 Å². The molecule has 2 aromatic heterocycles. The molecule has 0 aliphatic heterocycles. The molecule has 20 heavy (non-hydrogen) atoms. The van der Waals surface area contributed by atoms with E-state index in [1.807, 2.05) is 0 Å². The number of rotatable bonds is 4. The zero-order valence-corrected chi connectivity index (χ0v) is 9.64. The van der Waals surface area contributed by atoms with Crippen LogP contribution in [0.3, 0.4) is 0 Å². The Morgan fingerprint density at radius 3 is 2.90 bits per heavy atom. The van der Waals surface area contributed by atoms with Gasteiger partial charge in [0.25, 0.3) is 0 Å². The number of nitrogens with zero attached hydrogens (tertiary/aromatic N) is 4. The Morgan fingerprint density at radius 1 is 1.50 bits per heavy atom. The molecule has 0 radical (unpaired) electrons. The van der Waals surface area contributed by atoms with Crippen LogP contribution in [0.5, 0.6) is 0 Å². The summed E-state index contributed by atoms with van der Waals surface area (Å²) in [7, 11) is 0. The van der Waals surface area contributed by atoms with Gasteiger partial charge >= 0.3 is 11.9 Å². The molecule has 12 nitrogen and oxygen atoms in total. The molecule has 0 bridgehead atoms. The first-order valence-corrected chi connectivity index (χ1v) is 4.98.